The van der Waals surface area contributed by atoms with Crippen LogP contribution in [0, 0.1) is 0 Å². The highest BCUT2D eigenvalue weighted by atomic mass is 32.2. The van der Waals surface area contributed by atoms with Gasteiger partial charge < -0.3 is 10.8 Å². The number of aliphatic hydroxyl groups is 1. The highest BCUT2D eigenvalue weighted by Crippen LogP contribution is 2.12. The Balaban J connectivity index is 2.40. The van der Waals surface area contributed by atoms with Crippen LogP contribution in [0.2, 0.25) is 0 Å². The Morgan fingerprint density at radius 1 is 1.15 bits per heavy atom. The predicted octanol–water partition coefficient (Wildman–Crippen LogP) is 1.37. The molecule has 2 nitrogen and oxygen atoms in total. The molecule has 0 unspecified atom stereocenters. The third-order valence-corrected chi connectivity index (χ3v) is 2.77. The number of hydrogen-bond acceptors (Lipinski definition) is 3. The molecule has 0 aliphatic carbocycles. The Morgan fingerprint density at radius 2 is 1.77 bits per heavy atom. The molecule has 0 fully saturated rings. The number of nitrogens with two attached hydrogens (primary N) is 1. The van der Waals surface area contributed by atoms with Gasteiger partial charge in [0.2, 0.25) is 0 Å². The zero-order chi connectivity index (χ0) is 9.52. The van der Waals surface area contributed by atoms with Crippen molar-refractivity contribution in [2.45, 2.75) is 12.3 Å². The fraction of sp³-hybridized carbons (Fsp3) is 0.400. The topological polar surface area (TPSA) is 46.2 Å². The average molecular weight is 197 g/mol. The quantitative estimate of drug-likeness (QED) is 0.701. The average Bonchev–Trinajstić information content (AvgIpc) is 2.19. The lowest BCUT2D eigenvalue weighted by Gasteiger charge is -2.01. The van der Waals surface area contributed by atoms with Gasteiger partial charge in [0, 0.05) is 18.1 Å². The lowest BCUT2D eigenvalue weighted by atomic mass is 10.1. The zero-order valence-electron chi connectivity index (χ0n) is 7.57. The van der Waals surface area contributed by atoms with Crippen LogP contribution < -0.4 is 5.73 Å². The van der Waals surface area contributed by atoms with Gasteiger partial charge in [0.1, 0.15) is 0 Å². The minimum Gasteiger partial charge on any atom is -0.396 e. The van der Waals surface area contributed by atoms with E-state index >= 15 is 0 Å². The molecule has 72 valence electrons. The normalized spacial score (nSPS) is 10.3. The van der Waals surface area contributed by atoms with Crippen LogP contribution in [0.1, 0.15) is 11.1 Å². The summed E-state index contributed by atoms with van der Waals surface area (Å²) in [6, 6.07) is 8.28. The summed E-state index contributed by atoms with van der Waals surface area (Å²) >= 11 is 1.74. The molecular weight excluding hydrogens is 182 g/mol. The van der Waals surface area contributed by atoms with Gasteiger partial charge in [-0.15, -0.1) is 0 Å². The molecule has 0 saturated carbocycles. The zero-order valence-corrected chi connectivity index (χ0v) is 8.39. The van der Waals surface area contributed by atoms with E-state index in [1.54, 1.807) is 11.8 Å². The van der Waals surface area contributed by atoms with Crippen molar-refractivity contribution in [2.75, 3.05) is 12.4 Å². The van der Waals surface area contributed by atoms with E-state index in [2.05, 4.69) is 24.3 Å². The first kappa shape index (κ1) is 10.6. The maximum atomic E-state index is 8.59. The number of benzene rings is 1. The molecule has 3 N–H and O–H groups in total. The van der Waals surface area contributed by atoms with E-state index in [0.717, 1.165) is 17.1 Å². The molecule has 0 spiro atoms. The van der Waals surface area contributed by atoms with E-state index in [9.17, 15) is 0 Å². The van der Waals surface area contributed by atoms with E-state index in [4.69, 9.17) is 10.8 Å². The second kappa shape index (κ2) is 6.02. The van der Waals surface area contributed by atoms with E-state index in [-0.39, 0.29) is 6.61 Å². The number of thioether (sulfide) groups is 1. The summed E-state index contributed by atoms with van der Waals surface area (Å²) in [6.07, 6.45) is 0. The summed E-state index contributed by atoms with van der Waals surface area (Å²) in [4.78, 5) is 0. The molecule has 1 rings (SSSR count). The molecule has 1 aromatic rings. The Kier molecular flexibility index (Phi) is 4.90. The van der Waals surface area contributed by atoms with Gasteiger partial charge in [0.05, 0.1) is 6.61 Å². The van der Waals surface area contributed by atoms with Gasteiger partial charge >= 0.3 is 0 Å². The number of hydrogen-bond donors (Lipinski definition) is 2. The Morgan fingerprint density at radius 3 is 2.31 bits per heavy atom. The maximum Gasteiger partial charge on any atom is 0.0521 e. The molecule has 0 heterocycles. The van der Waals surface area contributed by atoms with Gasteiger partial charge in [0.15, 0.2) is 0 Å². The summed E-state index contributed by atoms with van der Waals surface area (Å²) in [6.45, 7) is 0.857. The first-order chi connectivity index (χ1) is 6.36. The van der Waals surface area contributed by atoms with Crippen LogP contribution in [0.25, 0.3) is 0 Å². The SMILES string of the molecule is NCc1ccc(CSCCO)cc1. The van der Waals surface area contributed by atoms with E-state index in [1.807, 2.05) is 0 Å². The molecule has 0 saturated heterocycles. The monoisotopic (exact) mass is 197 g/mol. The molecule has 0 atom stereocenters. The van der Waals surface area contributed by atoms with Crippen molar-refractivity contribution in [1.82, 2.24) is 0 Å². The highest BCUT2D eigenvalue weighted by Gasteiger charge is 1.93. The van der Waals surface area contributed by atoms with Crippen molar-refractivity contribution in [3.63, 3.8) is 0 Å². The largest absolute Gasteiger partial charge is 0.396 e. The standard InChI is InChI=1S/C10H15NOS/c11-7-9-1-3-10(4-2-9)8-13-6-5-12/h1-4,12H,5-8,11H2. The number of aliphatic hydroxyl groups excluding tert-OH is 1. The van der Waals surface area contributed by atoms with E-state index < -0.39 is 0 Å². The van der Waals surface area contributed by atoms with Crippen molar-refractivity contribution >= 4 is 11.8 Å². The van der Waals surface area contributed by atoms with Crippen LogP contribution in [0.15, 0.2) is 24.3 Å². The minimum atomic E-state index is 0.256. The van der Waals surface area contributed by atoms with Crippen LogP contribution in [0.4, 0.5) is 0 Å². The molecule has 0 bridgehead atoms. The second-order valence-corrected chi connectivity index (χ2v) is 3.90. The summed E-state index contributed by atoms with van der Waals surface area (Å²) in [5.41, 5.74) is 7.93. The molecule has 0 aliphatic heterocycles. The third kappa shape index (κ3) is 3.81. The van der Waals surface area contributed by atoms with Crippen LogP contribution in [0.5, 0.6) is 0 Å². The second-order valence-electron chi connectivity index (χ2n) is 2.80. The Labute approximate surface area is 83.1 Å². The maximum absolute atomic E-state index is 8.59. The summed E-state index contributed by atoms with van der Waals surface area (Å²) in [7, 11) is 0. The fourth-order valence-corrected chi connectivity index (χ4v) is 1.73. The Hall–Kier alpha value is -0.510. The molecule has 0 aromatic heterocycles. The van der Waals surface area contributed by atoms with Gasteiger partial charge in [-0.1, -0.05) is 24.3 Å². The summed E-state index contributed by atoms with van der Waals surface area (Å²) in [5.74, 6) is 1.77. The molecule has 1 aromatic carbocycles. The van der Waals surface area contributed by atoms with Crippen molar-refractivity contribution in [3.05, 3.63) is 35.4 Å². The van der Waals surface area contributed by atoms with Crippen molar-refractivity contribution in [2.24, 2.45) is 5.73 Å². The van der Waals surface area contributed by atoms with Gasteiger partial charge in [-0.2, -0.15) is 11.8 Å². The van der Waals surface area contributed by atoms with Gasteiger partial charge in [-0.25, -0.2) is 0 Å². The first-order valence-corrected chi connectivity index (χ1v) is 5.49. The van der Waals surface area contributed by atoms with E-state index in [0.29, 0.717) is 6.54 Å². The number of rotatable bonds is 5. The van der Waals surface area contributed by atoms with Gasteiger partial charge in [-0.05, 0) is 11.1 Å². The van der Waals surface area contributed by atoms with Crippen molar-refractivity contribution < 1.29 is 5.11 Å². The van der Waals surface area contributed by atoms with Crippen LogP contribution in [-0.4, -0.2) is 17.5 Å². The van der Waals surface area contributed by atoms with Gasteiger partial charge in [-0.3, -0.25) is 0 Å². The molecule has 3 heteroatoms. The third-order valence-electron chi connectivity index (χ3n) is 1.76. The molecule has 0 aliphatic rings. The molecule has 0 radical (unpaired) electrons. The first-order valence-electron chi connectivity index (χ1n) is 4.33. The lowest BCUT2D eigenvalue weighted by Crippen LogP contribution is -1.95. The predicted molar refractivity (Wildman–Crippen MR) is 57.6 cm³/mol. The Bertz CT molecular complexity index is 235. The molecular formula is C10H15NOS. The van der Waals surface area contributed by atoms with Crippen LogP contribution in [-0.2, 0) is 12.3 Å². The highest BCUT2D eigenvalue weighted by molar-refractivity contribution is 7.98. The van der Waals surface area contributed by atoms with Gasteiger partial charge in [0.25, 0.3) is 0 Å². The molecule has 0 amide bonds. The smallest absolute Gasteiger partial charge is 0.0521 e. The summed E-state index contributed by atoms with van der Waals surface area (Å²) < 4.78 is 0. The van der Waals surface area contributed by atoms with Crippen LogP contribution in [0.3, 0.4) is 0 Å². The summed E-state index contributed by atoms with van der Waals surface area (Å²) in [5, 5.41) is 8.59. The lowest BCUT2D eigenvalue weighted by molar-refractivity contribution is 0.322. The van der Waals surface area contributed by atoms with Crippen LogP contribution >= 0.6 is 11.8 Å². The minimum absolute atomic E-state index is 0.256. The fourth-order valence-electron chi connectivity index (χ4n) is 1.03. The van der Waals surface area contributed by atoms with Crippen molar-refractivity contribution in [1.29, 1.82) is 0 Å². The van der Waals surface area contributed by atoms with Crippen molar-refractivity contribution in [3.8, 4) is 0 Å². The van der Waals surface area contributed by atoms with E-state index in [1.165, 1.54) is 5.56 Å². The molecule has 13 heavy (non-hydrogen) atoms.